The minimum atomic E-state index is -5.08. The van der Waals surface area contributed by atoms with Crippen LogP contribution in [-0.2, 0) is 26.2 Å². The van der Waals surface area contributed by atoms with Crippen LogP contribution in [0.25, 0.3) is 0 Å². The van der Waals surface area contributed by atoms with Crippen molar-refractivity contribution >= 4 is 21.9 Å². The molecule has 1 aliphatic heterocycles. The quantitative estimate of drug-likeness (QED) is 0.509. The fraction of sp³-hybridized carbons (Fsp3) is 0.364. The van der Waals surface area contributed by atoms with Gasteiger partial charge in [0.2, 0.25) is 15.9 Å². The van der Waals surface area contributed by atoms with Gasteiger partial charge in [-0.3, -0.25) is 4.79 Å². The third-order valence-corrected chi connectivity index (χ3v) is 6.93. The molecule has 1 aliphatic rings. The second kappa shape index (κ2) is 12.9. The van der Waals surface area contributed by atoms with Crippen molar-refractivity contribution < 1.29 is 49.5 Å². The summed E-state index contributed by atoms with van der Waals surface area (Å²) in [4.78, 5) is 22.6. The second-order valence-electron chi connectivity index (χ2n) is 7.72. The first-order chi connectivity index (χ1) is 17.2. The zero-order valence-corrected chi connectivity index (χ0v) is 20.0. The molecule has 1 heterocycles. The molecule has 0 radical (unpaired) electrons. The third-order valence-electron chi connectivity index (χ3n) is 5.09. The molecule has 2 N–H and O–H groups in total. The van der Waals surface area contributed by atoms with Gasteiger partial charge in [0, 0.05) is 45.7 Å². The minimum Gasteiger partial charge on any atom is -0.475 e. The number of benzene rings is 2. The Bertz CT molecular complexity index is 1190. The Balaban J connectivity index is 0.000000604. The molecule has 15 heteroatoms. The number of alkyl halides is 3. The van der Waals surface area contributed by atoms with E-state index in [0.717, 1.165) is 16.4 Å². The Morgan fingerprint density at radius 3 is 2.05 bits per heavy atom. The van der Waals surface area contributed by atoms with Crippen LogP contribution < -0.4 is 5.32 Å². The first kappa shape index (κ1) is 30.1. The van der Waals surface area contributed by atoms with Crippen LogP contribution >= 0.6 is 0 Å². The van der Waals surface area contributed by atoms with Gasteiger partial charge in [-0.25, -0.2) is 26.4 Å². The van der Waals surface area contributed by atoms with Crippen LogP contribution in [0, 0.1) is 17.5 Å². The van der Waals surface area contributed by atoms with Gasteiger partial charge in [0.1, 0.15) is 5.82 Å². The summed E-state index contributed by atoms with van der Waals surface area (Å²) in [6.45, 7) is 2.10. The van der Waals surface area contributed by atoms with Crippen LogP contribution in [0.3, 0.4) is 0 Å². The molecule has 8 nitrogen and oxygen atoms in total. The van der Waals surface area contributed by atoms with Gasteiger partial charge in [0.25, 0.3) is 0 Å². The number of rotatable bonds is 7. The summed E-state index contributed by atoms with van der Waals surface area (Å²) in [7, 11) is -4.23. The van der Waals surface area contributed by atoms with E-state index in [0.29, 0.717) is 37.8 Å². The lowest BCUT2D eigenvalue weighted by atomic mass is 10.2. The van der Waals surface area contributed by atoms with E-state index in [-0.39, 0.29) is 25.4 Å². The maximum atomic E-state index is 13.6. The maximum absolute atomic E-state index is 13.6. The summed E-state index contributed by atoms with van der Waals surface area (Å²) in [6.07, 6.45) is -5.15. The number of carbonyl (C=O) groups excluding carboxylic acids is 1. The standard InChI is InChI=1S/C20H22F3N3O3S.C2HF3O2/c21-16-3-1-15(2-4-16)14-26(10-7-20(27)25-11-8-24-9-12-25)30(28,29)17-5-6-18(22)19(23)13-17;3-2(4,5)1(6)7/h1-6,13,24H,7-12,14H2;(H,6,7). The first-order valence-corrected chi connectivity index (χ1v) is 12.1. The molecule has 1 amide bonds. The Hall–Kier alpha value is -3.17. The van der Waals surface area contributed by atoms with Gasteiger partial charge in [-0.05, 0) is 35.9 Å². The third kappa shape index (κ3) is 9.02. The molecule has 1 fully saturated rings. The zero-order valence-electron chi connectivity index (χ0n) is 19.1. The molecular weight excluding hydrogens is 532 g/mol. The molecule has 204 valence electrons. The lowest BCUT2D eigenvalue weighted by molar-refractivity contribution is -0.192. The Morgan fingerprint density at radius 2 is 1.54 bits per heavy atom. The van der Waals surface area contributed by atoms with Crippen LogP contribution in [0.4, 0.5) is 26.3 Å². The van der Waals surface area contributed by atoms with Crippen molar-refractivity contribution in [3.8, 4) is 0 Å². The van der Waals surface area contributed by atoms with Crippen molar-refractivity contribution in [1.82, 2.24) is 14.5 Å². The molecule has 1 saturated heterocycles. The second-order valence-corrected chi connectivity index (χ2v) is 9.66. The number of nitrogens with one attached hydrogen (secondary N) is 1. The van der Waals surface area contributed by atoms with Gasteiger partial charge in [-0.1, -0.05) is 12.1 Å². The summed E-state index contributed by atoms with van der Waals surface area (Å²) >= 11 is 0. The lowest BCUT2D eigenvalue weighted by Crippen LogP contribution is -2.47. The van der Waals surface area contributed by atoms with Crippen molar-refractivity contribution in [2.75, 3.05) is 32.7 Å². The van der Waals surface area contributed by atoms with Crippen LogP contribution in [0.15, 0.2) is 47.4 Å². The molecule has 0 aliphatic carbocycles. The van der Waals surface area contributed by atoms with Crippen LogP contribution in [0.1, 0.15) is 12.0 Å². The van der Waals surface area contributed by atoms with E-state index < -0.39 is 44.5 Å². The fourth-order valence-electron chi connectivity index (χ4n) is 3.16. The number of carboxylic acids is 1. The monoisotopic (exact) mass is 555 g/mol. The van der Waals surface area contributed by atoms with E-state index in [1.807, 2.05) is 0 Å². The number of halogens is 6. The highest BCUT2D eigenvalue weighted by Gasteiger charge is 2.38. The van der Waals surface area contributed by atoms with E-state index in [1.54, 1.807) is 4.90 Å². The zero-order chi connectivity index (χ0) is 27.8. The molecular formula is C22H23F6N3O5S. The van der Waals surface area contributed by atoms with Gasteiger partial charge in [-0.2, -0.15) is 17.5 Å². The average Bonchev–Trinajstić information content (AvgIpc) is 2.84. The van der Waals surface area contributed by atoms with Crippen molar-refractivity contribution in [3.63, 3.8) is 0 Å². The molecule has 3 rings (SSSR count). The van der Waals surface area contributed by atoms with Gasteiger partial charge >= 0.3 is 12.1 Å². The van der Waals surface area contributed by atoms with E-state index in [2.05, 4.69) is 5.32 Å². The smallest absolute Gasteiger partial charge is 0.475 e. The molecule has 0 saturated carbocycles. The van der Waals surface area contributed by atoms with E-state index in [9.17, 15) is 39.6 Å². The van der Waals surface area contributed by atoms with Crippen molar-refractivity contribution in [2.24, 2.45) is 0 Å². The average molecular weight is 555 g/mol. The Kier molecular flexibility index (Phi) is 10.5. The highest BCUT2D eigenvalue weighted by atomic mass is 32.2. The van der Waals surface area contributed by atoms with Gasteiger partial charge < -0.3 is 15.3 Å². The van der Waals surface area contributed by atoms with Crippen LogP contribution in [-0.4, -0.2) is 73.5 Å². The number of hydrogen-bond donors (Lipinski definition) is 2. The van der Waals surface area contributed by atoms with Gasteiger partial charge in [0.15, 0.2) is 11.6 Å². The normalized spacial score (nSPS) is 14.2. The molecule has 2 aromatic carbocycles. The topological polar surface area (TPSA) is 107 Å². The van der Waals surface area contributed by atoms with Crippen molar-refractivity contribution in [1.29, 1.82) is 0 Å². The fourth-order valence-corrected chi connectivity index (χ4v) is 4.60. The molecule has 0 atom stereocenters. The number of nitrogens with zero attached hydrogens (tertiary/aromatic N) is 2. The number of amides is 1. The van der Waals surface area contributed by atoms with Gasteiger partial charge in [-0.15, -0.1) is 0 Å². The molecule has 0 bridgehead atoms. The Labute approximate surface area is 208 Å². The molecule has 0 aromatic heterocycles. The summed E-state index contributed by atoms with van der Waals surface area (Å²) < 4.78 is 99.0. The van der Waals surface area contributed by atoms with Crippen molar-refractivity contribution in [3.05, 3.63) is 65.5 Å². The maximum Gasteiger partial charge on any atom is 0.490 e. The number of piperazine rings is 1. The lowest BCUT2D eigenvalue weighted by Gasteiger charge is -2.29. The number of carbonyl (C=O) groups is 2. The Morgan fingerprint density at radius 1 is 0.973 bits per heavy atom. The summed E-state index contributed by atoms with van der Waals surface area (Å²) in [5.41, 5.74) is 0.497. The molecule has 2 aromatic rings. The highest BCUT2D eigenvalue weighted by molar-refractivity contribution is 7.89. The highest BCUT2D eigenvalue weighted by Crippen LogP contribution is 2.21. The van der Waals surface area contributed by atoms with E-state index >= 15 is 0 Å². The number of aliphatic carboxylic acids is 1. The first-order valence-electron chi connectivity index (χ1n) is 10.7. The van der Waals surface area contributed by atoms with Crippen LogP contribution in [0.2, 0.25) is 0 Å². The van der Waals surface area contributed by atoms with E-state index in [1.165, 1.54) is 24.3 Å². The number of hydrogen-bond acceptors (Lipinski definition) is 5. The predicted octanol–water partition coefficient (Wildman–Crippen LogP) is 2.75. The van der Waals surface area contributed by atoms with Crippen LogP contribution in [0.5, 0.6) is 0 Å². The number of carboxylic acid groups (broad SMARTS) is 1. The minimum absolute atomic E-state index is 0.0654. The summed E-state index contributed by atoms with van der Waals surface area (Å²) in [5.74, 6) is -5.86. The van der Waals surface area contributed by atoms with Gasteiger partial charge in [0.05, 0.1) is 4.90 Å². The summed E-state index contributed by atoms with van der Waals surface area (Å²) in [5, 5.41) is 10.3. The van der Waals surface area contributed by atoms with Crippen molar-refractivity contribution in [2.45, 2.75) is 24.0 Å². The predicted molar refractivity (Wildman–Crippen MR) is 118 cm³/mol. The number of sulfonamides is 1. The molecule has 0 spiro atoms. The largest absolute Gasteiger partial charge is 0.490 e. The summed E-state index contributed by atoms with van der Waals surface area (Å²) in [6, 6.07) is 7.59. The SMILES string of the molecule is O=C(CCN(Cc1ccc(F)cc1)S(=O)(=O)c1ccc(F)c(F)c1)N1CCNCC1.O=C(O)C(F)(F)F. The molecule has 37 heavy (non-hydrogen) atoms. The molecule has 0 unspecified atom stereocenters. The van der Waals surface area contributed by atoms with E-state index in [4.69, 9.17) is 9.90 Å².